The molecular weight excluding hydrogens is 286 g/mol. The normalized spacial score (nSPS) is 9.17. The fraction of sp³-hybridized carbons (Fsp3) is 0.571. The molecule has 0 bridgehead atoms. The molecule has 0 saturated carbocycles. The zero-order valence-electron chi connectivity index (χ0n) is 7.30. The fourth-order valence-electron chi connectivity index (χ4n) is 0.611. The molecule has 11 heteroatoms. The molecule has 0 aliphatic rings. The molecule has 0 aliphatic carbocycles. The zero-order chi connectivity index (χ0) is 11.1. The quantitative estimate of drug-likeness (QED) is 0.339. The third-order valence-corrected chi connectivity index (χ3v) is 1.33. The second-order valence-electron chi connectivity index (χ2n) is 2.54. The Balaban J connectivity index is -0.000000141. The SMILES string of the molecule is N[C@@H](CCC(=O)OCC(=O)O)C(=O)O.[NaH].[NaH].[NaH].[NaH]. The Labute approximate surface area is 193 Å². The molecule has 0 aliphatic heterocycles. The van der Waals surface area contributed by atoms with Crippen molar-refractivity contribution in [2.45, 2.75) is 18.9 Å². The minimum atomic E-state index is -1.26. The van der Waals surface area contributed by atoms with Crippen LogP contribution in [0.1, 0.15) is 12.8 Å². The first kappa shape index (κ1) is 32.4. The van der Waals surface area contributed by atoms with Gasteiger partial charge in [0.05, 0.1) is 0 Å². The van der Waals surface area contributed by atoms with Gasteiger partial charge >= 0.3 is 136 Å². The van der Waals surface area contributed by atoms with E-state index in [0.717, 1.165) is 0 Å². The van der Waals surface area contributed by atoms with Crippen LogP contribution in [-0.2, 0) is 19.1 Å². The van der Waals surface area contributed by atoms with E-state index < -0.39 is 30.6 Å². The van der Waals surface area contributed by atoms with Crippen LogP contribution in [0.15, 0.2) is 0 Å². The molecule has 0 aromatic carbocycles. The molecule has 0 fully saturated rings. The van der Waals surface area contributed by atoms with Crippen LogP contribution in [0.2, 0.25) is 0 Å². The maximum atomic E-state index is 10.7. The van der Waals surface area contributed by atoms with Gasteiger partial charge < -0.3 is 20.7 Å². The molecular formula is C7H15NNa4O6. The summed E-state index contributed by atoms with van der Waals surface area (Å²) in [6.45, 7) is -0.721. The Hall–Kier alpha value is 2.37. The van der Waals surface area contributed by atoms with E-state index in [1.807, 2.05) is 0 Å². The first-order chi connectivity index (χ1) is 6.43. The van der Waals surface area contributed by atoms with Gasteiger partial charge in [0.15, 0.2) is 6.61 Å². The van der Waals surface area contributed by atoms with E-state index in [-0.39, 0.29) is 131 Å². The molecule has 0 amide bonds. The first-order valence-corrected chi connectivity index (χ1v) is 3.79. The van der Waals surface area contributed by atoms with Crippen molar-refractivity contribution < 1.29 is 29.3 Å². The van der Waals surface area contributed by atoms with Gasteiger partial charge in [-0.3, -0.25) is 9.59 Å². The van der Waals surface area contributed by atoms with Crippen molar-refractivity contribution in [3.63, 3.8) is 0 Å². The van der Waals surface area contributed by atoms with Gasteiger partial charge in [0.2, 0.25) is 0 Å². The Morgan fingerprint density at radius 2 is 1.50 bits per heavy atom. The van der Waals surface area contributed by atoms with Crippen molar-refractivity contribution in [1.82, 2.24) is 0 Å². The van der Waals surface area contributed by atoms with Crippen LogP contribution in [-0.4, -0.2) is 159 Å². The summed E-state index contributed by atoms with van der Waals surface area (Å²) in [5.74, 6) is -3.25. The van der Waals surface area contributed by atoms with Crippen molar-refractivity contribution in [2.24, 2.45) is 5.73 Å². The number of carboxylic acids is 2. The predicted octanol–water partition coefficient (Wildman–Crippen LogP) is -3.79. The van der Waals surface area contributed by atoms with Crippen molar-refractivity contribution in [1.29, 1.82) is 0 Å². The monoisotopic (exact) mass is 301 g/mol. The number of hydrogen-bond donors (Lipinski definition) is 3. The van der Waals surface area contributed by atoms with Crippen LogP contribution in [0.3, 0.4) is 0 Å². The molecule has 7 nitrogen and oxygen atoms in total. The van der Waals surface area contributed by atoms with E-state index in [1.54, 1.807) is 0 Å². The standard InChI is InChI=1S/C7H11NO6.4Na.4H/c8-4(7(12)13)1-2-6(11)14-3-5(9)10;;;;;;;;/h4H,1-3,8H2,(H,9,10)(H,12,13);;;;;;;;/t4-;;;;;;;;/m0......../s1. The summed E-state index contributed by atoms with van der Waals surface area (Å²) in [6, 6.07) is -1.13. The van der Waals surface area contributed by atoms with Gasteiger partial charge in [-0.2, -0.15) is 0 Å². The molecule has 18 heavy (non-hydrogen) atoms. The van der Waals surface area contributed by atoms with E-state index in [9.17, 15) is 14.4 Å². The molecule has 4 N–H and O–H groups in total. The molecule has 0 aromatic heterocycles. The number of rotatable bonds is 6. The summed E-state index contributed by atoms with van der Waals surface area (Å²) in [7, 11) is 0. The molecule has 1 atom stereocenters. The molecule has 88 valence electrons. The van der Waals surface area contributed by atoms with Gasteiger partial charge in [0.1, 0.15) is 6.04 Å². The van der Waals surface area contributed by atoms with Crippen LogP contribution in [0, 0.1) is 0 Å². The van der Waals surface area contributed by atoms with Crippen LogP contribution in [0.4, 0.5) is 0 Å². The molecule has 0 unspecified atom stereocenters. The predicted molar refractivity (Wildman–Crippen MR) is 72.0 cm³/mol. The molecule has 0 aromatic rings. The van der Waals surface area contributed by atoms with Crippen molar-refractivity contribution in [3.05, 3.63) is 0 Å². The molecule has 0 rings (SSSR count). The van der Waals surface area contributed by atoms with Crippen LogP contribution < -0.4 is 5.73 Å². The number of hydrogen-bond acceptors (Lipinski definition) is 5. The van der Waals surface area contributed by atoms with E-state index in [4.69, 9.17) is 15.9 Å². The van der Waals surface area contributed by atoms with Gasteiger partial charge in [-0.25, -0.2) is 4.79 Å². The van der Waals surface area contributed by atoms with Gasteiger partial charge in [-0.1, -0.05) is 0 Å². The van der Waals surface area contributed by atoms with Gasteiger partial charge in [-0.05, 0) is 6.42 Å². The number of ether oxygens (including phenoxy) is 1. The number of aliphatic carboxylic acids is 2. The van der Waals surface area contributed by atoms with E-state index in [2.05, 4.69) is 4.74 Å². The minimum absolute atomic E-state index is 0. The number of carbonyl (C=O) groups is 3. The van der Waals surface area contributed by atoms with Crippen molar-refractivity contribution in [2.75, 3.05) is 6.61 Å². The summed E-state index contributed by atoms with van der Waals surface area (Å²) in [5.41, 5.74) is 5.10. The van der Waals surface area contributed by atoms with Crippen molar-refractivity contribution in [3.8, 4) is 0 Å². The third kappa shape index (κ3) is 20.7. The Morgan fingerprint density at radius 3 is 1.83 bits per heavy atom. The fourth-order valence-corrected chi connectivity index (χ4v) is 0.611. The average molecular weight is 301 g/mol. The number of carbonyl (C=O) groups excluding carboxylic acids is 1. The van der Waals surface area contributed by atoms with Crippen LogP contribution >= 0.6 is 0 Å². The Morgan fingerprint density at radius 1 is 1.06 bits per heavy atom. The number of esters is 1. The van der Waals surface area contributed by atoms with Gasteiger partial charge in [0, 0.05) is 6.42 Å². The summed E-state index contributed by atoms with van der Waals surface area (Å²) in [6.07, 6.45) is -0.283. The van der Waals surface area contributed by atoms with Crippen LogP contribution in [0.25, 0.3) is 0 Å². The average Bonchev–Trinajstić information content (AvgIpc) is 2.10. The van der Waals surface area contributed by atoms with E-state index >= 15 is 0 Å². The summed E-state index contributed by atoms with van der Waals surface area (Å²) >= 11 is 0. The van der Waals surface area contributed by atoms with Gasteiger partial charge in [-0.15, -0.1) is 0 Å². The zero-order valence-corrected chi connectivity index (χ0v) is 7.30. The second-order valence-corrected chi connectivity index (χ2v) is 2.54. The van der Waals surface area contributed by atoms with E-state index in [1.165, 1.54) is 0 Å². The Kier molecular flexibility index (Phi) is 34.8. The topological polar surface area (TPSA) is 127 Å². The number of carboxylic acid groups (broad SMARTS) is 2. The molecule has 0 saturated heterocycles. The van der Waals surface area contributed by atoms with E-state index in [0.29, 0.717) is 0 Å². The Bertz CT molecular complexity index is 252. The summed E-state index contributed by atoms with van der Waals surface area (Å²) < 4.78 is 4.25. The summed E-state index contributed by atoms with van der Waals surface area (Å²) in [4.78, 5) is 30.9. The summed E-state index contributed by atoms with van der Waals surface area (Å²) in [5, 5.41) is 16.5. The third-order valence-electron chi connectivity index (χ3n) is 1.33. The number of nitrogens with two attached hydrogens (primary N) is 1. The van der Waals surface area contributed by atoms with Crippen molar-refractivity contribution >= 4 is 136 Å². The first-order valence-electron chi connectivity index (χ1n) is 3.79. The van der Waals surface area contributed by atoms with Crippen LogP contribution in [0.5, 0.6) is 0 Å². The molecule has 0 spiro atoms. The van der Waals surface area contributed by atoms with Gasteiger partial charge in [0.25, 0.3) is 0 Å². The second kappa shape index (κ2) is 19.4. The molecule has 0 heterocycles. The molecule has 0 radical (unpaired) electrons. The maximum absolute atomic E-state index is 10.7.